The van der Waals surface area contributed by atoms with Crippen molar-refractivity contribution in [1.29, 1.82) is 0 Å². The molecular formula is C27H36Cl2N2O2. The van der Waals surface area contributed by atoms with E-state index in [2.05, 4.69) is 50.4 Å². The molecule has 0 fully saturated rings. The van der Waals surface area contributed by atoms with Crippen molar-refractivity contribution < 1.29 is 9.59 Å². The van der Waals surface area contributed by atoms with Gasteiger partial charge in [0.15, 0.2) is 0 Å². The molecule has 2 amide bonds. The summed E-state index contributed by atoms with van der Waals surface area (Å²) in [7, 11) is 0. The van der Waals surface area contributed by atoms with Gasteiger partial charge >= 0.3 is 0 Å². The summed E-state index contributed by atoms with van der Waals surface area (Å²) in [5.41, 5.74) is 3.07. The van der Waals surface area contributed by atoms with Crippen molar-refractivity contribution in [1.82, 2.24) is 10.2 Å². The Morgan fingerprint density at radius 3 is 2.09 bits per heavy atom. The molecule has 0 saturated carbocycles. The monoisotopic (exact) mass is 490 g/mol. The fraction of sp³-hybridized carbons (Fsp3) is 0.481. The summed E-state index contributed by atoms with van der Waals surface area (Å²) in [4.78, 5) is 27.8. The minimum Gasteiger partial charge on any atom is -0.352 e. The summed E-state index contributed by atoms with van der Waals surface area (Å²) in [5, 5.41) is 3.93. The lowest BCUT2D eigenvalue weighted by molar-refractivity contribution is -0.140. The van der Waals surface area contributed by atoms with Gasteiger partial charge < -0.3 is 10.2 Å². The summed E-state index contributed by atoms with van der Waals surface area (Å²) in [6.07, 6.45) is 1.70. The van der Waals surface area contributed by atoms with Crippen molar-refractivity contribution in [2.24, 2.45) is 0 Å². The van der Waals surface area contributed by atoms with Gasteiger partial charge in [-0.05, 0) is 55.4 Å². The summed E-state index contributed by atoms with van der Waals surface area (Å²) in [6, 6.07) is 13.0. The number of hydrogen-bond acceptors (Lipinski definition) is 2. The normalized spacial score (nSPS) is 13.3. The summed E-state index contributed by atoms with van der Waals surface area (Å²) in [5.74, 6) is -0.298. The molecule has 0 aliphatic heterocycles. The molecule has 1 N–H and O–H groups in total. The van der Waals surface area contributed by atoms with Gasteiger partial charge in [-0.1, -0.05) is 81.2 Å². The topological polar surface area (TPSA) is 49.4 Å². The molecule has 4 nitrogen and oxygen atoms in total. The molecule has 0 bridgehead atoms. The van der Waals surface area contributed by atoms with Gasteiger partial charge in [0.25, 0.3) is 0 Å². The Morgan fingerprint density at radius 1 is 1.00 bits per heavy atom. The number of hydrogen-bond donors (Lipinski definition) is 1. The van der Waals surface area contributed by atoms with Gasteiger partial charge in [0.1, 0.15) is 6.04 Å². The number of amides is 2. The van der Waals surface area contributed by atoms with Crippen LogP contribution >= 0.6 is 23.2 Å². The van der Waals surface area contributed by atoms with E-state index in [0.717, 1.165) is 12.0 Å². The lowest BCUT2D eigenvalue weighted by atomic mass is 9.86. The van der Waals surface area contributed by atoms with Crippen molar-refractivity contribution >= 4 is 35.0 Å². The van der Waals surface area contributed by atoms with E-state index >= 15 is 0 Å². The molecule has 0 aromatic heterocycles. The number of nitrogens with one attached hydrogen (secondary N) is 1. The molecule has 0 unspecified atom stereocenters. The predicted octanol–water partition coefficient (Wildman–Crippen LogP) is 6.56. The van der Waals surface area contributed by atoms with Crippen LogP contribution in [-0.2, 0) is 28.0 Å². The highest BCUT2D eigenvalue weighted by Gasteiger charge is 2.28. The summed E-state index contributed by atoms with van der Waals surface area (Å²) >= 11 is 12.7. The third-order valence-electron chi connectivity index (χ3n) is 6.01. The van der Waals surface area contributed by atoms with Crippen LogP contribution < -0.4 is 5.32 Å². The SMILES string of the molecule is CC[C@H](C)NC(=O)[C@H](C)N(Cc1c(Cl)cccc1Cl)C(=O)CCc1ccc(C(C)(C)C)cc1. The highest BCUT2D eigenvalue weighted by Crippen LogP contribution is 2.27. The van der Waals surface area contributed by atoms with Crippen LogP contribution in [0.4, 0.5) is 0 Å². The second-order valence-corrected chi connectivity index (χ2v) is 10.5. The van der Waals surface area contributed by atoms with E-state index < -0.39 is 6.04 Å². The second-order valence-electron chi connectivity index (χ2n) is 9.66. The molecule has 180 valence electrons. The smallest absolute Gasteiger partial charge is 0.242 e. The number of rotatable bonds is 9. The van der Waals surface area contributed by atoms with Crippen LogP contribution in [0.15, 0.2) is 42.5 Å². The maximum absolute atomic E-state index is 13.3. The molecule has 33 heavy (non-hydrogen) atoms. The highest BCUT2D eigenvalue weighted by atomic mass is 35.5. The molecule has 0 heterocycles. The van der Waals surface area contributed by atoms with E-state index in [4.69, 9.17) is 23.2 Å². The van der Waals surface area contributed by atoms with Crippen molar-refractivity contribution in [3.8, 4) is 0 Å². The minimum atomic E-state index is -0.651. The van der Waals surface area contributed by atoms with Crippen LogP contribution in [0.2, 0.25) is 10.0 Å². The van der Waals surface area contributed by atoms with Gasteiger partial charge in [-0.25, -0.2) is 0 Å². The van der Waals surface area contributed by atoms with Crippen LogP contribution in [0.3, 0.4) is 0 Å². The molecule has 0 aliphatic rings. The van der Waals surface area contributed by atoms with Crippen LogP contribution in [0.25, 0.3) is 0 Å². The molecular weight excluding hydrogens is 455 g/mol. The Bertz CT molecular complexity index is 931. The average molecular weight is 492 g/mol. The number of nitrogens with zero attached hydrogens (tertiary/aromatic N) is 1. The van der Waals surface area contributed by atoms with Crippen molar-refractivity contribution in [3.63, 3.8) is 0 Å². The fourth-order valence-corrected chi connectivity index (χ4v) is 3.99. The lowest BCUT2D eigenvalue weighted by Crippen LogP contribution is -2.49. The predicted molar refractivity (Wildman–Crippen MR) is 138 cm³/mol. The largest absolute Gasteiger partial charge is 0.352 e. The van der Waals surface area contributed by atoms with E-state index in [1.54, 1.807) is 30.0 Å². The first-order chi connectivity index (χ1) is 15.4. The first-order valence-corrected chi connectivity index (χ1v) is 12.3. The fourth-order valence-electron chi connectivity index (χ4n) is 3.47. The van der Waals surface area contributed by atoms with Gasteiger partial charge in [-0.15, -0.1) is 0 Å². The quantitative estimate of drug-likeness (QED) is 0.432. The van der Waals surface area contributed by atoms with Crippen LogP contribution in [0.5, 0.6) is 0 Å². The van der Waals surface area contributed by atoms with E-state index in [0.29, 0.717) is 22.0 Å². The number of benzene rings is 2. The molecule has 0 spiro atoms. The Hall–Kier alpha value is -2.04. The number of aryl methyl sites for hydroxylation is 1. The van der Waals surface area contributed by atoms with Crippen LogP contribution in [0, 0.1) is 0 Å². The highest BCUT2D eigenvalue weighted by molar-refractivity contribution is 6.36. The zero-order valence-corrected chi connectivity index (χ0v) is 22.1. The zero-order valence-electron chi connectivity index (χ0n) is 20.5. The van der Waals surface area contributed by atoms with E-state index in [-0.39, 0.29) is 36.2 Å². The van der Waals surface area contributed by atoms with Crippen LogP contribution in [0.1, 0.15) is 71.1 Å². The third-order valence-corrected chi connectivity index (χ3v) is 6.71. The van der Waals surface area contributed by atoms with Crippen molar-refractivity contribution in [2.45, 2.75) is 84.8 Å². The number of carbonyl (C=O) groups excluding carboxylic acids is 2. The molecule has 0 radical (unpaired) electrons. The molecule has 6 heteroatoms. The van der Waals surface area contributed by atoms with E-state index in [1.165, 1.54) is 5.56 Å². The molecule has 2 aromatic carbocycles. The van der Waals surface area contributed by atoms with Gasteiger partial charge in [0, 0.05) is 34.6 Å². The average Bonchev–Trinajstić information content (AvgIpc) is 2.76. The zero-order chi connectivity index (χ0) is 24.8. The maximum Gasteiger partial charge on any atom is 0.242 e. The maximum atomic E-state index is 13.3. The Morgan fingerprint density at radius 2 is 1.58 bits per heavy atom. The second kappa shape index (κ2) is 11.9. The van der Waals surface area contributed by atoms with E-state index in [1.807, 2.05) is 13.8 Å². The molecule has 2 rings (SSSR count). The third kappa shape index (κ3) is 7.75. The van der Waals surface area contributed by atoms with Gasteiger partial charge in [0.2, 0.25) is 11.8 Å². The molecule has 2 aromatic rings. The molecule has 0 saturated heterocycles. The first-order valence-electron chi connectivity index (χ1n) is 11.6. The minimum absolute atomic E-state index is 0.0298. The van der Waals surface area contributed by atoms with E-state index in [9.17, 15) is 9.59 Å². The van der Waals surface area contributed by atoms with Gasteiger partial charge in [-0.3, -0.25) is 9.59 Å². The lowest BCUT2D eigenvalue weighted by Gasteiger charge is -2.30. The van der Waals surface area contributed by atoms with Gasteiger partial charge in [-0.2, -0.15) is 0 Å². The Balaban J connectivity index is 2.20. The first kappa shape index (κ1) is 27.2. The standard InChI is InChI=1S/C27H36Cl2N2O2/c1-7-18(2)30-26(33)19(3)31(17-22-23(28)9-8-10-24(22)29)25(32)16-13-20-11-14-21(15-12-20)27(4,5)6/h8-12,14-15,18-19H,7,13,16-17H2,1-6H3,(H,30,33)/t18-,19-/m0/s1. The summed E-state index contributed by atoms with van der Waals surface area (Å²) < 4.78 is 0. The molecule has 0 aliphatic carbocycles. The Labute approximate surface area is 208 Å². The number of halogens is 2. The summed E-state index contributed by atoms with van der Waals surface area (Å²) in [6.45, 7) is 12.4. The van der Waals surface area contributed by atoms with Crippen LogP contribution in [-0.4, -0.2) is 28.8 Å². The Kier molecular flexibility index (Phi) is 9.81. The molecule has 2 atom stereocenters. The number of carbonyl (C=O) groups is 2. The van der Waals surface area contributed by atoms with Crippen molar-refractivity contribution in [3.05, 3.63) is 69.2 Å². The van der Waals surface area contributed by atoms with Crippen molar-refractivity contribution in [2.75, 3.05) is 0 Å². The van der Waals surface area contributed by atoms with Gasteiger partial charge in [0.05, 0.1) is 0 Å².